The summed E-state index contributed by atoms with van der Waals surface area (Å²) in [5.74, 6) is 0.177. The Bertz CT molecular complexity index is 326. The van der Waals surface area contributed by atoms with E-state index >= 15 is 0 Å². The summed E-state index contributed by atoms with van der Waals surface area (Å²) >= 11 is 0. The van der Waals surface area contributed by atoms with Crippen molar-refractivity contribution in [1.29, 1.82) is 0 Å². The van der Waals surface area contributed by atoms with Crippen LogP contribution in [-0.4, -0.2) is 50.1 Å². The number of amides is 1. The molecule has 0 rings (SSSR count). The summed E-state index contributed by atoms with van der Waals surface area (Å²) in [6.07, 6.45) is 18.7. The van der Waals surface area contributed by atoms with Gasteiger partial charge in [-0.05, 0) is 32.4 Å². The lowest BCUT2D eigenvalue weighted by Gasteiger charge is -2.21. The Morgan fingerprint density at radius 1 is 0.679 bits per heavy atom. The van der Waals surface area contributed by atoms with Crippen molar-refractivity contribution in [2.24, 2.45) is 11.5 Å². The van der Waals surface area contributed by atoms with Crippen LogP contribution in [0.1, 0.15) is 103 Å². The van der Waals surface area contributed by atoms with Gasteiger partial charge in [-0.3, -0.25) is 4.79 Å². The summed E-state index contributed by atoms with van der Waals surface area (Å²) in [5.41, 5.74) is 11.2. The van der Waals surface area contributed by atoms with Gasteiger partial charge >= 0.3 is 0 Å². The first kappa shape index (κ1) is 27.4. The molecule has 0 unspecified atom stereocenters. The second kappa shape index (κ2) is 22.6. The Balaban J connectivity index is 3.47. The molecule has 5 heteroatoms. The van der Waals surface area contributed by atoms with E-state index < -0.39 is 0 Å². The van der Waals surface area contributed by atoms with Crippen LogP contribution >= 0.6 is 0 Å². The topological polar surface area (TPSA) is 84.4 Å². The number of carbonyl (C=O) groups is 1. The molecule has 5 nitrogen and oxygen atoms in total. The molecule has 0 aromatic rings. The van der Waals surface area contributed by atoms with Gasteiger partial charge in [-0.25, -0.2) is 0 Å². The highest BCUT2D eigenvalue weighted by Crippen LogP contribution is 2.11. The van der Waals surface area contributed by atoms with E-state index in [2.05, 4.69) is 17.1 Å². The van der Waals surface area contributed by atoms with Crippen LogP contribution in [0.25, 0.3) is 0 Å². The monoisotopic (exact) mass is 398 g/mol. The van der Waals surface area contributed by atoms with Gasteiger partial charge < -0.3 is 21.7 Å². The number of carbonyl (C=O) groups excluding carboxylic acids is 1. The quantitative estimate of drug-likeness (QED) is 0.239. The summed E-state index contributed by atoms with van der Waals surface area (Å²) < 4.78 is 0. The number of rotatable bonds is 22. The molecule has 0 saturated heterocycles. The van der Waals surface area contributed by atoms with E-state index in [1.165, 1.54) is 64.2 Å². The third-order valence-corrected chi connectivity index (χ3v) is 5.38. The molecule has 0 heterocycles. The minimum atomic E-state index is 0.177. The highest BCUT2D eigenvalue weighted by molar-refractivity contribution is 5.75. The SMILES string of the molecule is CCCCCCCCCCCCCNC(=O)CCN(CCN)CCCCCN. The third-order valence-electron chi connectivity index (χ3n) is 5.38. The lowest BCUT2D eigenvalue weighted by Crippen LogP contribution is -2.35. The van der Waals surface area contributed by atoms with Gasteiger partial charge in [0.05, 0.1) is 0 Å². The molecule has 0 radical (unpaired) electrons. The molecular formula is C23H50N4O. The van der Waals surface area contributed by atoms with E-state index in [-0.39, 0.29) is 5.91 Å². The molecule has 0 saturated carbocycles. The molecule has 0 spiro atoms. The van der Waals surface area contributed by atoms with E-state index in [1.807, 2.05) is 0 Å². The van der Waals surface area contributed by atoms with Gasteiger partial charge in [-0.1, -0.05) is 77.6 Å². The molecular weight excluding hydrogens is 348 g/mol. The summed E-state index contributed by atoms with van der Waals surface area (Å²) in [5, 5.41) is 3.07. The fourth-order valence-electron chi connectivity index (χ4n) is 3.54. The average molecular weight is 399 g/mol. The molecule has 0 aliphatic heterocycles. The van der Waals surface area contributed by atoms with Crippen LogP contribution in [0.5, 0.6) is 0 Å². The van der Waals surface area contributed by atoms with E-state index in [0.717, 1.165) is 58.4 Å². The molecule has 0 bridgehead atoms. The maximum Gasteiger partial charge on any atom is 0.221 e. The number of hydrogen-bond acceptors (Lipinski definition) is 4. The maximum atomic E-state index is 12.0. The standard InChI is InChI=1S/C23H50N4O/c1-2-3-4-5-6-7-8-9-10-11-14-19-26-23(28)16-21-27(22-18-25)20-15-12-13-17-24/h2-22,24-25H2,1H3,(H,26,28). The van der Waals surface area contributed by atoms with E-state index in [9.17, 15) is 4.79 Å². The first-order chi connectivity index (χ1) is 13.7. The van der Waals surface area contributed by atoms with Crippen molar-refractivity contribution in [1.82, 2.24) is 10.2 Å². The number of nitrogens with one attached hydrogen (secondary N) is 1. The fraction of sp³-hybridized carbons (Fsp3) is 0.957. The predicted molar refractivity (Wildman–Crippen MR) is 122 cm³/mol. The third kappa shape index (κ3) is 20.1. The molecule has 0 atom stereocenters. The smallest absolute Gasteiger partial charge is 0.221 e. The molecule has 0 fully saturated rings. The van der Waals surface area contributed by atoms with Gasteiger partial charge in [0.25, 0.3) is 0 Å². The van der Waals surface area contributed by atoms with Crippen molar-refractivity contribution in [3.8, 4) is 0 Å². The number of hydrogen-bond donors (Lipinski definition) is 3. The molecule has 168 valence electrons. The Morgan fingerprint density at radius 3 is 1.82 bits per heavy atom. The average Bonchev–Trinajstić information content (AvgIpc) is 2.70. The van der Waals surface area contributed by atoms with Crippen LogP contribution in [0.4, 0.5) is 0 Å². The zero-order chi connectivity index (χ0) is 20.7. The minimum Gasteiger partial charge on any atom is -0.356 e. The van der Waals surface area contributed by atoms with Gasteiger partial charge in [0.15, 0.2) is 0 Å². The van der Waals surface area contributed by atoms with Crippen LogP contribution < -0.4 is 16.8 Å². The minimum absolute atomic E-state index is 0.177. The van der Waals surface area contributed by atoms with Crippen LogP contribution in [-0.2, 0) is 4.79 Å². The lowest BCUT2D eigenvalue weighted by atomic mass is 10.1. The molecule has 0 aromatic carbocycles. The molecule has 0 aliphatic rings. The maximum absolute atomic E-state index is 12.0. The highest BCUT2D eigenvalue weighted by atomic mass is 16.1. The van der Waals surface area contributed by atoms with E-state index in [4.69, 9.17) is 11.5 Å². The molecule has 28 heavy (non-hydrogen) atoms. The summed E-state index contributed by atoms with van der Waals surface area (Å²) in [4.78, 5) is 14.3. The summed E-state index contributed by atoms with van der Waals surface area (Å²) in [6.45, 7) is 7.20. The molecule has 1 amide bonds. The van der Waals surface area contributed by atoms with Crippen molar-refractivity contribution < 1.29 is 4.79 Å². The van der Waals surface area contributed by atoms with Crippen LogP contribution in [0.3, 0.4) is 0 Å². The van der Waals surface area contributed by atoms with Gasteiger partial charge in [-0.15, -0.1) is 0 Å². The van der Waals surface area contributed by atoms with Gasteiger partial charge in [-0.2, -0.15) is 0 Å². The molecule has 0 aromatic heterocycles. The Labute approximate surface area is 175 Å². The van der Waals surface area contributed by atoms with Crippen molar-refractivity contribution in [3.05, 3.63) is 0 Å². The van der Waals surface area contributed by atoms with Crippen LogP contribution in [0, 0.1) is 0 Å². The molecule has 5 N–H and O–H groups in total. The Hall–Kier alpha value is -0.650. The van der Waals surface area contributed by atoms with E-state index in [1.54, 1.807) is 0 Å². The van der Waals surface area contributed by atoms with Gasteiger partial charge in [0.2, 0.25) is 5.91 Å². The van der Waals surface area contributed by atoms with Crippen molar-refractivity contribution in [2.75, 3.05) is 39.3 Å². The largest absolute Gasteiger partial charge is 0.356 e. The zero-order valence-electron chi connectivity index (χ0n) is 18.9. The van der Waals surface area contributed by atoms with E-state index in [0.29, 0.717) is 13.0 Å². The first-order valence-electron chi connectivity index (χ1n) is 12.1. The normalized spacial score (nSPS) is 11.3. The number of nitrogens with zero attached hydrogens (tertiary/aromatic N) is 1. The number of nitrogens with two attached hydrogens (primary N) is 2. The second-order valence-corrected chi connectivity index (χ2v) is 8.12. The van der Waals surface area contributed by atoms with Crippen molar-refractivity contribution in [3.63, 3.8) is 0 Å². The van der Waals surface area contributed by atoms with Crippen molar-refractivity contribution in [2.45, 2.75) is 103 Å². The van der Waals surface area contributed by atoms with Crippen LogP contribution in [0.15, 0.2) is 0 Å². The van der Waals surface area contributed by atoms with Crippen molar-refractivity contribution >= 4 is 5.91 Å². The van der Waals surface area contributed by atoms with Gasteiger partial charge in [0.1, 0.15) is 0 Å². The first-order valence-corrected chi connectivity index (χ1v) is 12.1. The summed E-state index contributed by atoms with van der Waals surface area (Å²) in [7, 11) is 0. The predicted octanol–water partition coefficient (Wildman–Crippen LogP) is 4.19. The molecule has 0 aliphatic carbocycles. The Kier molecular flexibility index (Phi) is 22.1. The van der Waals surface area contributed by atoms with Crippen LogP contribution in [0.2, 0.25) is 0 Å². The lowest BCUT2D eigenvalue weighted by molar-refractivity contribution is -0.121. The summed E-state index contributed by atoms with van der Waals surface area (Å²) in [6, 6.07) is 0. The fourth-order valence-corrected chi connectivity index (χ4v) is 3.54. The number of unbranched alkanes of at least 4 members (excludes halogenated alkanes) is 12. The second-order valence-electron chi connectivity index (χ2n) is 8.12. The highest BCUT2D eigenvalue weighted by Gasteiger charge is 2.07. The zero-order valence-corrected chi connectivity index (χ0v) is 18.9. The Morgan fingerprint density at radius 2 is 1.25 bits per heavy atom. The van der Waals surface area contributed by atoms with Gasteiger partial charge in [0, 0.05) is 32.6 Å².